The molecule has 1 heterocycles. The molecule has 0 amide bonds. The molecule has 3 nitrogen and oxygen atoms in total. The van der Waals surface area contributed by atoms with Crippen molar-refractivity contribution in [1.82, 2.24) is 9.55 Å². The Bertz CT molecular complexity index is 506. The number of hydrogen-bond acceptors (Lipinski definition) is 2. The maximum absolute atomic E-state index is 5.97. The smallest absolute Gasteiger partial charge is 0.0994 e. The average Bonchev–Trinajstić information content (AvgIpc) is 2.71. The van der Waals surface area contributed by atoms with Gasteiger partial charge in [0.1, 0.15) is 0 Å². The molecule has 0 aliphatic rings. The zero-order valence-corrected chi connectivity index (χ0v) is 10.2. The number of benzene rings is 1. The highest BCUT2D eigenvalue weighted by Crippen LogP contribution is 2.25. The molecule has 16 heavy (non-hydrogen) atoms. The Morgan fingerprint density at radius 2 is 2.06 bits per heavy atom. The Balaban J connectivity index is 2.50. The zero-order chi connectivity index (χ0) is 11.7. The largest absolute Gasteiger partial charge is 0.323 e. The van der Waals surface area contributed by atoms with Crippen molar-refractivity contribution in [2.75, 3.05) is 0 Å². The van der Waals surface area contributed by atoms with Crippen LogP contribution >= 0.6 is 23.2 Å². The van der Waals surface area contributed by atoms with Crippen LogP contribution in [0.2, 0.25) is 10.0 Å². The summed E-state index contributed by atoms with van der Waals surface area (Å²) in [4.78, 5) is 4.08. The summed E-state index contributed by atoms with van der Waals surface area (Å²) in [6.07, 6.45) is 3.45. The third kappa shape index (κ3) is 2.07. The van der Waals surface area contributed by atoms with E-state index >= 15 is 0 Å². The summed E-state index contributed by atoms with van der Waals surface area (Å²) >= 11 is 11.8. The highest BCUT2D eigenvalue weighted by molar-refractivity contribution is 6.42. The molecular formula is C11H11Cl2N3. The van der Waals surface area contributed by atoms with Crippen LogP contribution in [0.25, 0.3) is 5.69 Å². The number of halogens is 2. The molecule has 2 aromatic rings. The highest BCUT2D eigenvalue weighted by atomic mass is 35.5. The molecule has 0 saturated heterocycles. The third-order valence-corrected chi connectivity index (χ3v) is 3.05. The first-order valence-corrected chi connectivity index (χ1v) is 5.58. The van der Waals surface area contributed by atoms with Crippen molar-refractivity contribution >= 4 is 23.2 Å². The molecule has 0 radical (unpaired) electrons. The molecular weight excluding hydrogens is 245 g/mol. The van der Waals surface area contributed by atoms with E-state index < -0.39 is 0 Å². The maximum atomic E-state index is 5.97. The van der Waals surface area contributed by atoms with Gasteiger partial charge >= 0.3 is 0 Å². The van der Waals surface area contributed by atoms with Gasteiger partial charge in [-0.2, -0.15) is 0 Å². The first kappa shape index (κ1) is 11.5. The van der Waals surface area contributed by atoms with E-state index in [1.165, 1.54) is 0 Å². The summed E-state index contributed by atoms with van der Waals surface area (Å²) < 4.78 is 1.90. The van der Waals surface area contributed by atoms with Gasteiger partial charge in [0.25, 0.3) is 0 Å². The number of aromatic nitrogens is 2. The van der Waals surface area contributed by atoms with Crippen LogP contribution < -0.4 is 5.73 Å². The molecule has 2 rings (SSSR count). The molecule has 84 valence electrons. The van der Waals surface area contributed by atoms with E-state index in [2.05, 4.69) is 4.98 Å². The number of nitrogens with two attached hydrogens (primary N) is 1. The van der Waals surface area contributed by atoms with Gasteiger partial charge in [0.05, 0.1) is 28.3 Å². The number of imidazole rings is 1. The fraction of sp³-hybridized carbons (Fsp3) is 0.182. The van der Waals surface area contributed by atoms with Crippen LogP contribution in [0.15, 0.2) is 30.7 Å². The minimum atomic E-state index is -0.0862. The number of hydrogen-bond donors (Lipinski definition) is 1. The molecule has 0 fully saturated rings. The lowest BCUT2D eigenvalue weighted by atomic mass is 10.2. The van der Waals surface area contributed by atoms with E-state index in [1.807, 2.05) is 17.6 Å². The first-order chi connectivity index (χ1) is 7.59. The van der Waals surface area contributed by atoms with Crippen molar-refractivity contribution in [3.8, 4) is 5.69 Å². The number of rotatable bonds is 2. The second-order valence-electron chi connectivity index (χ2n) is 3.58. The molecule has 1 atom stereocenters. The summed E-state index contributed by atoms with van der Waals surface area (Å²) in [5, 5.41) is 1.05. The van der Waals surface area contributed by atoms with Crippen LogP contribution in [-0.2, 0) is 0 Å². The van der Waals surface area contributed by atoms with Crippen molar-refractivity contribution in [1.29, 1.82) is 0 Å². The number of nitrogens with zero attached hydrogens (tertiary/aromatic N) is 2. The molecule has 5 heteroatoms. The molecule has 0 aliphatic carbocycles. The SMILES string of the molecule is CC(N)c1cncn1-c1ccc(Cl)c(Cl)c1. The van der Waals surface area contributed by atoms with Gasteiger partial charge in [0.15, 0.2) is 0 Å². The van der Waals surface area contributed by atoms with E-state index in [9.17, 15) is 0 Å². The second-order valence-corrected chi connectivity index (χ2v) is 4.39. The van der Waals surface area contributed by atoms with Gasteiger partial charge in [-0.05, 0) is 25.1 Å². The van der Waals surface area contributed by atoms with Crippen molar-refractivity contribution < 1.29 is 0 Å². The van der Waals surface area contributed by atoms with Gasteiger partial charge in [-0.3, -0.25) is 0 Å². The molecule has 0 aliphatic heterocycles. The van der Waals surface area contributed by atoms with Gasteiger partial charge in [-0.1, -0.05) is 23.2 Å². The fourth-order valence-corrected chi connectivity index (χ4v) is 1.79. The summed E-state index contributed by atoms with van der Waals surface area (Å²) in [6, 6.07) is 5.33. The average molecular weight is 256 g/mol. The van der Waals surface area contributed by atoms with E-state index in [-0.39, 0.29) is 6.04 Å². The van der Waals surface area contributed by atoms with Gasteiger partial charge in [-0.25, -0.2) is 4.98 Å². The van der Waals surface area contributed by atoms with Gasteiger partial charge in [-0.15, -0.1) is 0 Å². The zero-order valence-electron chi connectivity index (χ0n) is 8.69. The van der Waals surface area contributed by atoms with Gasteiger partial charge in [0.2, 0.25) is 0 Å². The monoisotopic (exact) mass is 255 g/mol. The van der Waals surface area contributed by atoms with Crippen LogP contribution in [0.4, 0.5) is 0 Å². The maximum Gasteiger partial charge on any atom is 0.0994 e. The Morgan fingerprint density at radius 3 is 2.69 bits per heavy atom. The van der Waals surface area contributed by atoms with Crippen molar-refractivity contribution in [2.24, 2.45) is 5.73 Å². The molecule has 0 spiro atoms. The normalized spacial score (nSPS) is 12.8. The van der Waals surface area contributed by atoms with Crippen molar-refractivity contribution in [2.45, 2.75) is 13.0 Å². The predicted octanol–water partition coefficient (Wildman–Crippen LogP) is 3.20. The van der Waals surface area contributed by atoms with Crippen LogP contribution in [0, 0.1) is 0 Å². The minimum Gasteiger partial charge on any atom is -0.323 e. The van der Waals surface area contributed by atoms with E-state index in [4.69, 9.17) is 28.9 Å². The van der Waals surface area contributed by atoms with Crippen molar-refractivity contribution in [3.63, 3.8) is 0 Å². The highest BCUT2D eigenvalue weighted by Gasteiger charge is 2.09. The summed E-state index contributed by atoms with van der Waals surface area (Å²) in [5.41, 5.74) is 7.68. The summed E-state index contributed by atoms with van der Waals surface area (Å²) in [6.45, 7) is 1.91. The molecule has 1 unspecified atom stereocenters. The third-order valence-electron chi connectivity index (χ3n) is 2.31. The second kappa shape index (κ2) is 4.45. The fourth-order valence-electron chi connectivity index (χ4n) is 1.49. The van der Waals surface area contributed by atoms with Crippen LogP contribution in [0.3, 0.4) is 0 Å². The summed E-state index contributed by atoms with van der Waals surface area (Å²) in [5.74, 6) is 0. The van der Waals surface area contributed by atoms with E-state index in [0.29, 0.717) is 10.0 Å². The van der Waals surface area contributed by atoms with E-state index in [1.54, 1.807) is 24.7 Å². The molecule has 2 N–H and O–H groups in total. The molecule has 0 saturated carbocycles. The van der Waals surface area contributed by atoms with Gasteiger partial charge in [0, 0.05) is 11.7 Å². The standard InChI is InChI=1S/C11H11Cl2N3/c1-7(14)11-5-15-6-16(11)8-2-3-9(12)10(13)4-8/h2-7H,14H2,1H3. The van der Waals surface area contributed by atoms with E-state index in [0.717, 1.165) is 11.4 Å². The Kier molecular flexibility index (Phi) is 3.19. The first-order valence-electron chi connectivity index (χ1n) is 4.83. The van der Waals surface area contributed by atoms with Crippen LogP contribution in [0.5, 0.6) is 0 Å². The Labute approximate surface area is 104 Å². The molecule has 0 bridgehead atoms. The quantitative estimate of drug-likeness (QED) is 0.896. The van der Waals surface area contributed by atoms with Crippen LogP contribution in [-0.4, -0.2) is 9.55 Å². The Hall–Kier alpha value is -1.03. The molecule has 1 aromatic carbocycles. The topological polar surface area (TPSA) is 43.8 Å². The Morgan fingerprint density at radius 1 is 1.31 bits per heavy atom. The van der Waals surface area contributed by atoms with Gasteiger partial charge < -0.3 is 10.3 Å². The summed E-state index contributed by atoms with van der Waals surface area (Å²) in [7, 11) is 0. The minimum absolute atomic E-state index is 0.0862. The lowest BCUT2D eigenvalue weighted by Crippen LogP contribution is -2.10. The lowest BCUT2D eigenvalue weighted by molar-refractivity contribution is 0.752. The molecule has 1 aromatic heterocycles. The van der Waals surface area contributed by atoms with Crippen molar-refractivity contribution in [3.05, 3.63) is 46.5 Å². The van der Waals surface area contributed by atoms with Crippen LogP contribution in [0.1, 0.15) is 18.7 Å². The lowest BCUT2D eigenvalue weighted by Gasteiger charge is -2.11. The predicted molar refractivity (Wildman–Crippen MR) is 66.2 cm³/mol.